The van der Waals surface area contributed by atoms with Gasteiger partial charge in [0.2, 0.25) is 0 Å². The zero-order chi connectivity index (χ0) is 13.1. The summed E-state index contributed by atoms with van der Waals surface area (Å²) in [6.45, 7) is 4.82. The van der Waals surface area contributed by atoms with Crippen LogP contribution in [0.15, 0.2) is 23.8 Å². The van der Waals surface area contributed by atoms with Gasteiger partial charge in [-0.05, 0) is 19.9 Å². The first-order valence-corrected chi connectivity index (χ1v) is 6.78. The lowest BCUT2D eigenvalue weighted by atomic mass is 10.1. The van der Waals surface area contributed by atoms with Crippen molar-refractivity contribution in [2.24, 2.45) is 5.73 Å². The first-order valence-electron chi connectivity index (χ1n) is 5.90. The Labute approximate surface area is 111 Å². The molecule has 96 valence electrons. The molecular formula is C13H18N4S. The molecule has 0 aliphatic rings. The second-order valence-electron chi connectivity index (χ2n) is 4.42. The SMILES string of the molecule is Cc1ncsc1CN(C)c1ncccc1C(C)N. The molecular weight excluding hydrogens is 244 g/mol. The number of anilines is 1. The van der Waals surface area contributed by atoms with Crippen LogP contribution in [0.4, 0.5) is 5.82 Å². The van der Waals surface area contributed by atoms with E-state index in [0.29, 0.717) is 0 Å². The van der Waals surface area contributed by atoms with E-state index in [1.54, 1.807) is 17.5 Å². The fraction of sp³-hybridized carbons (Fsp3) is 0.385. The quantitative estimate of drug-likeness (QED) is 0.920. The molecule has 2 aromatic rings. The van der Waals surface area contributed by atoms with Gasteiger partial charge in [-0.1, -0.05) is 6.07 Å². The van der Waals surface area contributed by atoms with Crippen molar-refractivity contribution in [3.8, 4) is 0 Å². The summed E-state index contributed by atoms with van der Waals surface area (Å²) in [5.41, 5.74) is 10.0. The van der Waals surface area contributed by atoms with Gasteiger partial charge in [0, 0.05) is 29.7 Å². The third kappa shape index (κ3) is 2.68. The van der Waals surface area contributed by atoms with E-state index in [0.717, 1.165) is 23.6 Å². The Bertz CT molecular complexity index is 521. The summed E-state index contributed by atoms with van der Waals surface area (Å²) in [4.78, 5) is 12.1. The highest BCUT2D eigenvalue weighted by Gasteiger charge is 2.13. The Balaban J connectivity index is 2.24. The molecule has 0 bridgehead atoms. The van der Waals surface area contributed by atoms with Crippen molar-refractivity contribution in [2.45, 2.75) is 26.4 Å². The van der Waals surface area contributed by atoms with Gasteiger partial charge >= 0.3 is 0 Å². The van der Waals surface area contributed by atoms with Crippen LogP contribution >= 0.6 is 11.3 Å². The van der Waals surface area contributed by atoms with Crippen LogP contribution in [0.25, 0.3) is 0 Å². The van der Waals surface area contributed by atoms with Crippen LogP contribution in [-0.2, 0) is 6.54 Å². The van der Waals surface area contributed by atoms with Gasteiger partial charge < -0.3 is 10.6 Å². The summed E-state index contributed by atoms with van der Waals surface area (Å²) < 4.78 is 0. The number of pyridine rings is 1. The molecule has 0 saturated heterocycles. The average molecular weight is 262 g/mol. The molecule has 0 aliphatic carbocycles. The van der Waals surface area contributed by atoms with E-state index in [1.165, 1.54) is 4.88 Å². The fourth-order valence-electron chi connectivity index (χ4n) is 1.85. The van der Waals surface area contributed by atoms with Crippen molar-refractivity contribution in [2.75, 3.05) is 11.9 Å². The molecule has 4 nitrogen and oxygen atoms in total. The molecule has 0 aromatic carbocycles. The smallest absolute Gasteiger partial charge is 0.133 e. The van der Waals surface area contributed by atoms with Crippen molar-refractivity contribution in [3.63, 3.8) is 0 Å². The molecule has 18 heavy (non-hydrogen) atoms. The predicted molar refractivity (Wildman–Crippen MR) is 75.8 cm³/mol. The number of hydrogen-bond acceptors (Lipinski definition) is 5. The molecule has 0 saturated carbocycles. The Morgan fingerprint density at radius 3 is 2.83 bits per heavy atom. The minimum Gasteiger partial charge on any atom is -0.354 e. The normalized spacial score (nSPS) is 12.4. The second-order valence-corrected chi connectivity index (χ2v) is 5.36. The lowest BCUT2D eigenvalue weighted by molar-refractivity contribution is 0.789. The molecule has 1 unspecified atom stereocenters. The number of hydrogen-bond donors (Lipinski definition) is 1. The lowest BCUT2D eigenvalue weighted by Gasteiger charge is -2.22. The zero-order valence-electron chi connectivity index (χ0n) is 10.9. The van der Waals surface area contributed by atoms with E-state index in [4.69, 9.17) is 5.73 Å². The zero-order valence-corrected chi connectivity index (χ0v) is 11.7. The summed E-state index contributed by atoms with van der Waals surface area (Å²) in [5, 5.41) is 0. The number of nitrogens with two attached hydrogens (primary N) is 1. The molecule has 0 aliphatic heterocycles. The highest BCUT2D eigenvalue weighted by atomic mass is 32.1. The number of aromatic nitrogens is 2. The van der Waals surface area contributed by atoms with Crippen LogP contribution in [0.5, 0.6) is 0 Å². The third-order valence-corrected chi connectivity index (χ3v) is 3.81. The molecule has 2 N–H and O–H groups in total. The van der Waals surface area contributed by atoms with Crippen LogP contribution in [-0.4, -0.2) is 17.0 Å². The summed E-state index contributed by atoms with van der Waals surface area (Å²) in [5.74, 6) is 0.945. The topological polar surface area (TPSA) is 55.0 Å². The fourth-order valence-corrected chi connectivity index (χ4v) is 2.68. The summed E-state index contributed by atoms with van der Waals surface area (Å²) in [7, 11) is 2.04. The predicted octanol–water partition coefficient (Wildman–Crippen LogP) is 2.50. The van der Waals surface area contributed by atoms with Crippen LogP contribution in [0, 0.1) is 6.92 Å². The van der Waals surface area contributed by atoms with Gasteiger partial charge in [-0.2, -0.15) is 0 Å². The Kier molecular flexibility index (Phi) is 3.93. The van der Waals surface area contributed by atoms with Gasteiger partial charge in [0.05, 0.1) is 17.7 Å². The van der Waals surface area contributed by atoms with Crippen molar-refractivity contribution in [1.82, 2.24) is 9.97 Å². The standard InChI is InChI=1S/C13H18N4S/c1-9(14)11-5-4-6-15-13(11)17(3)7-12-10(2)16-8-18-12/h4-6,8-9H,7,14H2,1-3H3. The highest BCUT2D eigenvalue weighted by Crippen LogP contribution is 2.24. The minimum absolute atomic E-state index is 0.0151. The maximum absolute atomic E-state index is 5.98. The highest BCUT2D eigenvalue weighted by molar-refractivity contribution is 7.09. The molecule has 2 rings (SSSR count). The summed E-state index contributed by atoms with van der Waals surface area (Å²) in [6, 6.07) is 3.94. The van der Waals surface area contributed by atoms with Crippen molar-refractivity contribution in [1.29, 1.82) is 0 Å². The molecule has 2 aromatic heterocycles. The van der Waals surface area contributed by atoms with Gasteiger partial charge in [0.25, 0.3) is 0 Å². The molecule has 1 atom stereocenters. The first kappa shape index (κ1) is 13.0. The maximum atomic E-state index is 5.98. The van der Waals surface area contributed by atoms with E-state index in [-0.39, 0.29) is 6.04 Å². The van der Waals surface area contributed by atoms with E-state index in [1.807, 2.05) is 38.5 Å². The Hall–Kier alpha value is -1.46. The van der Waals surface area contributed by atoms with Crippen molar-refractivity contribution >= 4 is 17.2 Å². The number of rotatable bonds is 4. The van der Waals surface area contributed by atoms with E-state index >= 15 is 0 Å². The number of thiazole rings is 1. The third-order valence-electron chi connectivity index (χ3n) is 2.89. The van der Waals surface area contributed by atoms with E-state index in [9.17, 15) is 0 Å². The summed E-state index contributed by atoms with van der Waals surface area (Å²) in [6.07, 6.45) is 1.80. The van der Waals surface area contributed by atoms with Crippen molar-refractivity contribution < 1.29 is 0 Å². The molecule has 0 spiro atoms. The molecule has 5 heteroatoms. The van der Waals surface area contributed by atoms with Gasteiger partial charge in [-0.15, -0.1) is 11.3 Å². The Morgan fingerprint density at radius 1 is 1.44 bits per heavy atom. The van der Waals surface area contributed by atoms with Crippen LogP contribution < -0.4 is 10.6 Å². The first-order chi connectivity index (χ1) is 8.59. The van der Waals surface area contributed by atoms with E-state index < -0.39 is 0 Å². The number of aryl methyl sites for hydroxylation is 1. The van der Waals surface area contributed by atoms with Gasteiger partial charge in [-0.25, -0.2) is 9.97 Å². The summed E-state index contributed by atoms with van der Waals surface area (Å²) >= 11 is 1.67. The molecule has 2 heterocycles. The van der Waals surface area contributed by atoms with Crippen molar-refractivity contribution in [3.05, 3.63) is 40.0 Å². The van der Waals surface area contributed by atoms with Gasteiger partial charge in [0.1, 0.15) is 5.82 Å². The van der Waals surface area contributed by atoms with Gasteiger partial charge in [-0.3, -0.25) is 0 Å². The second kappa shape index (κ2) is 5.46. The molecule has 0 amide bonds. The molecule has 0 fully saturated rings. The largest absolute Gasteiger partial charge is 0.354 e. The average Bonchev–Trinajstić information content (AvgIpc) is 2.75. The maximum Gasteiger partial charge on any atom is 0.133 e. The number of nitrogens with zero attached hydrogens (tertiary/aromatic N) is 3. The Morgan fingerprint density at radius 2 is 2.22 bits per heavy atom. The van der Waals surface area contributed by atoms with E-state index in [2.05, 4.69) is 14.9 Å². The monoisotopic (exact) mass is 262 g/mol. The van der Waals surface area contributed by atoms with Crippen LogP contribution in [0.2, 0.25) is 0 Å². The van der Waals surface area contributed by atoms with Crippen LogP contribution in [0.1, 0.15) is 29.1 Å². The molecule has 0 radical (unpaired) electrons. The van der Waals surface area contributed by atoms with Crippen LogP contribution in [0.3, 0.4) is 0 Å². The van der Waals surface area contributed by atoms with Gasteiger partial charge in [0.15, 0.2) is 0 Å². The lowest BCUT2D eigenvalue weighted by Crippen LogP contribution is -2.21. The minimum atomic E-state index is -0.0151.